The Kier molecular flexibility index (Phi) is 7.78. The van der Waals surface area contributed by atoms with Gasteiger partial charge in [-0.15, -0.1) is 6.42 Å². The normalized spacial score (nSPS) is 12.4. The Labute approximate surface area is 85.0 Å². The molecule has 0 fully saturated rings. The number of hydrogen-bond acceptors (Lipinski definition) is 2. The minimum absolute atomic E-state index is 0.630. The van der Waals surface area contributed by atoms with E-state index in [0.29, 0.717) is 5.76 Å². The van der Waals surface area contributed by atoms with Crippen molar-refractivity contribution >= 4 is 6.21 Å². The third-order valence-corrected chi connectivity index (χ3v) is 1.21. The van der Waals surface area contributed by atoms with Crippen LogP contribution in [0.2, 0.25) is 0 Å². The van der Waals surface area contributed by atoms with Gasteiger partial charge in [0.15, 0.2) is 0 Å². The van der Waals surface area contributed by atoms with Gasteiger partial charge in [0.1, 0.15) is 5.76 Å². The minimum atomic E-state index is 0.630. The van der Waals surface area contributed by atoms with Crippen LogP contribution in [0.3, 0.4) is 0 Å². The first-order chi connectivity index (χ1) is 6.85. The number of rotatable bonds is 5. The molecule has 2 nitrogen and oxygen atoms in total. The molecule has 14 heavy (non-hydrogen) atoms. The number of terminal acetylenes is 1. The second kappa shape index (κ2) is 9.08. The third-order valence-electron chi connectivity index (χ3n) is 1.21. The molecule has 0 aromatic carbocycles. The number of ether oxygens (including phenoxy) is 1. The molecule has 0 unspecified atom stereocenters. The second-order valence-corrected chi connectivity index (χ2v) is 2.16. The molecule has 0 aliphatic heterocycles. The lowest BCUT2D eigenvalue weighted by Gasteiger charge is -1.95. The van der Waals surface area contributed by atoms with Crippen LogP contribution in [-0.4, -0.2) is 13.3 Å². The van der Waals surface area contributed by atoms with Crippen molar-refractivity contribution in [2.24, 2.45) is 4.99 Å². The maximum Gasteiger partial charge on any atom is 0.137 e. The second-order valence-electron chi connectivity index (χ2n) is 2.16. The van der Waals surface area contributed by atoms with Crippen molar-refractivity contribution in [1.29, 1.82) is 0 Å². The van der Waals surface area contributed by atoms with Gasteiger partial charge in [-0.05, 0) is 6.08 Å². The lowest BCUT2D eigenvalue weighted by molar-refractivity contribution is 0.306. The van der Waals surface area contributed by atoms with Gasteiger partial charge in [0.2, 0.25) is 0 Å². The summed E-state index contributed by atoms with van der Waals surface area (Å²) in [6.45, 7) is 3.55. The fourth-order valence-electron chi connectivity index (χ4n) is 0.611. The first-order valence-electron chi connectivity index (χ1n) is 4.03. The summed E-state index contributed by atoms with van der Waals surface area (Å²) in [7, 11) is 1.57. The van der Waals surface area contributed by atoms with Gasteiger partial charge in [0.05, 0.1) is 19.5 Å². The largest absolute Gasteiger partial charge is 0.495 e. The van der Waals surface area contributed by atoms with Crippen molar-refractivity contribution in [3.05, 3.63) is 48.9 Å². The van der Waals surface area contributed by atoms with E-state index in [9.17, 15) is 0 Å². The van der Waals surface area contributed by atoms with Crippen LogP contribution in [0.25, 0.3) is 0 Å². The zero-order valence-electron chi connectivity index (χ0n) is 8.18. The van der Waals surface area contributed by atoms with E-state index in [0.717, 1.165) is 0 Å². The molecule has 0 rings (SSSR count). The summed E-state index contributed by atoms with van der Waals surface area (Å²) in [4.78, 5) is 3.82. The number of methoxy groups -OCH3 is 1. The van der Waals surface area contributed by atoms with Crippen LogP contribution >= 0.6 is 0 Å². The average molecular weight is 187 g/mol. The molecule has 0 atom stereocenters. The van der Waals surface area contributed by atoms with Crippen molar-refractivity contribution in [1.82, 2.24) is 0 Å². The molecule has 0 aromatic heterocycles. The van der Waals surface area contributed by atoms with Crippen LogP contribution in [0.5, 0.6) is 0 Å². The quantitative estimate of drug-likeness (QED) is 0.280. The molecule has 0 aliphatic rings. The number of nitrogens with zero attached hydrogens (tertiary/aromatic N) is 1. The summed E-state index contributed by atoms with van der Waals surface area (Å²) in [5, 5.41) is 0. The maximum atomic E-state index is 5.01. The average Bonchev–Trinajstić information content (AvgIpc) is 2.22. The third kappa shape index (κ3) is 6.68. The van der Waals surface area contributed by atoms with Gasteiger partial charge in [-0.1, -0.05) is 36.8 Å². The van der Waals surface area contributed by atoms with Gasteiger partial charge < -0.3 is 4.74 Å². The van der Waals surface area contributed by atoms with Crippen molar-refractivity contribution in [2.45, 2.75) is 0 Å². The molecule has 0 heterocycles. The summed E-state index contributed by atoms with van der Waals surface area (Å²) in [6, 6.07) is 0. The van der Waals surface area contributed by atoms with E-state index >= 15 is 0 Å². The van der Waals surface area contributed by atoms with Crippen LogP contribution in [0.4, 0.5) is 0 Å². The standard InChI is InChI=1S/C12H13NO/c1-4-6-7-8-9-12(14-3)11-13-10-5-2/h2,4,6-11H,1H2,3H3/b7-6-,9-8+,12-11-,13-10?. The molecule has 0 aliphatic carbocycles. The SMILES string of the molecule is C#CC=N/C=C(/C=C/C=C\C=C)OC. The van der Waals surface area contributed by atoms with Crippen molar-refractivity contribution in [3.8, 4) is 12.3 Å². The number of aliphatic imine (C=N–C) groups is 1. The molecule has 72 valence electrons. The van der Waals surface area contributed by atoms with E-state index in [4.69, 9.17) is 11.2 Å². The van der Waals surface area contributed by atoms with E-state index in [2.05, 4.69) is 17.5 Å². The summed E-state index contributed by atoms with van der Waals surface area (Å²) in [6.07, 6.45) is 16.8. The molecule has 0 bridgehead atoms. The van der Waals surface area contributed by atoms with E-state index in [1.165, 1.54) is 12.4 Å². The van der Waals surface area contributed by atoms with E-state index in [1.807, 2.05) is 18.2 Å². The smallest absolute Gasteiger partial charge is 0.137 e. The molecule has 0 radical (unpaired) electrons. The molecule has 0 saturated heterocycles. The fourth-order valence-corrected chi connectivity index (χ4v) is 0.611. The van der Waals surface area contributed by atoms with Gasteiger partial charge >= 0.3 is 0 Å². The van der Waals surface area contributed by atoms with Crippen LogP contribution < -0.4 is 0 Å². The predicted octanol–water partition coefficient (Wildman–Crippen LogP) is 2.48. The van der Waals surface area contributed by atoms with Gasteiger partial charge in [0, 0.05) is 0 Å². The molecule has 0 saturated carbocycles. The summed E-state index contributed by atoms with van der Waals surface area (Å²) in [5.41, 5.74) is 0. The Morgan fingerprint density at radius 3 is 2.79 bits per heavy atom. The molecular weight excluding hydrogens is 174 g/mol. The van der Waals surface area contributed by atoms with Crippen molar-refractivity contribution < 1.29 is 4.74 Å². The highest BCUT2D eigenvalue weighted by Gasteiger charge is 1.84. The molecular formula is C12H13NO. The Morgan fingerprint density at radius 1 is 1.43 bits per heavy atom. The maximum absolute atomic E-state index is 5.01. The first kappa shape index (κ1) is 12.0. The highest BCUT2D eigenvalue weighted by molar-refractivity contribution is 5.77. The first-order valence-corrected chi connectivity index (χ1v) is 4.03. The van der Waals surface area contributed by atoms with Crippen LogP contribution in [0.15, 0.2) is 53.9 Å². The van der Waals surface area contributed by atoms with E-state index in [-0.39, 0.29) is 0 Å². The molecule has 0 spiro atoms. The van der Waals surface area contributed by atoms with Gasteiger partial charge in [-0.25, -0.2) is 0 Å². The van der Waals surface area contributed by atoms with Gasteiger partial charge in [-0.3, -0.25) is 4.99 Å². The Morgan fingerprint density at radius 2 is 2.21 bits per heavy atom. The van der Waals surface area contributed by atoms with E-state index < -0.39 is 0 Å². The predicted molar refractivity (Wildman–Crippen MR) is 60.9 cm³/mol. The van der Waals surface area contributed by atoms with Gasteiger partial charge in [0.25, 0.3) is 0 Å². The lowest BCUT2D eigenvalue weighted by atomic mass is 10.4. The van der Waals surface area contributed by atoms with Gasteiger partial charge in [-0.2, -0.15) is 0 Å². The fraction of sp³-hybridized carbons (Fsp3) is 0.0833. The minimum Gasteiger partial charge on any atom is -0.495 e. The van der Waals surface area contributed by atoms with Crippen molar-refractivity contribution in [3.63, 3.8) is 0 Å². The molecule has 0 aromatic rings. The Bertz CT molecular complexity index is 314. The topological polar surface area (TPSA) is 21.6 Å². The summed E-state index contributed by atoms with van der Waals surface area (Å²) >= 11 is 0. The Balaban J connectivity index is 4.29. The number of allylic oxidation sites excluding steroid dienone is 5. The van der Waals surface area contributed by atoms with E-state index in [1.54, 1.807) is 19.3 Å². The number of hydrogen-bond donors (Lipinski definition) is 0. The lowest BCUT2D eigenvalue weighted by Crippen LogP contribution is -1.79. The Hall–Kier alpha value is -2.01. The van der Waals surface area contributed by atoms with Crippen LogP contribution in [-0.2, 0) is 4.74 Å². The molecule has 0 N–H and O–H groups in total. The van der Waals surface area contributed by atoms with Crippen LogP contribution in [0, 0.1) is 12.3 Å². The summed E-state index contributed by atoms with van der Waals surface area (Å²) in [5.74, 6) is 2.91. The zero-order valence-corrected chi connectivity index (χ0v) is 8.18. The van der Waals surface area contributed by atoms with Crippen LogP contribution in [0.1, 0.15) is 0 Å². The summed E-state index contributed by atoms with van der Waals surface area (Å²) < 4.78 is 5.01. The monoisotopic (exact) mass is 187 g/mol. The van der Waals surface area contributed by atoms with Crippen molar-refractivity contribution in [2.75, 3.05) is 7.11 Å². The zero-order chi connectivity index (χ0) is 10.6. The molecule has 2 heteroatoms. The highest BCUT2D eigenvalue weighted by Crippen LogP contribution is 1.97. The molecule has 0 amide bonds. The highest BCUT2D eigenvalue weighted by atomic mass is 16.5.